The van der Waals surface area contributed by atoms with Gasteiger partial charge in [0.25, 0.3) is 0 Å². The summed E-state index contributed by atoms with van der Waals surface area (Å²) in [7, 11) is 0. The van der Waals surface area contributed by atoms with E-state index >= 15 is 0 Å². The van der Waals surface area contributed by atoms with Gasteiger partial charge in [-0.05, 0) is 17.9 Å². The summed E-state index contributed by atoms with van der Waals surface area (Å²) in [5, 5.41) is 2.63. The van der Waals surface area contributed by atoms with Crippen molar-refractivity contribution < 1.29 is 4.79 Å². The van der Waals surface area contributed by atoms with Gasteiger partial charge < -0.3 is 0 Å². The van der Waals surface area contributed by atoms with Crippen LogP contribution in [0.25, 0.3) is 0 Å². The lowest BCUT2D eigenvalue weighted by Gasteiger charge is -2.03. The maximum absolute atomic E-state index is 11.0. The highest BCUT2D eigenvalue weighted by Crippen LogP contribution is 2.35. The van der Waals surface area contributed by atoms with E-state index in [1.165, 1.54) is 4.21 Å². The van der Waals surface area contributed by atoms with Gasteiger partial charge in [0.05, 0.1) is 4.21 Å². The fourth-order valence-electron chi connectivity index (χ4n) is 1.38. The molecule has 1 aromatic rings. The molecular weight excluding hydrogens is 188 g/mol. The molecule has 0 amide bonds. The molecule has 0 aliphatic heterocycles. The van der Waals surface area contributed by atoms with Gasteiger partial charge in [-0.2, -0.15) is 0 Å². The van der Waals surface area contributed by atoms with Crippen LogP contribution in [0.3, 0.4) is 0 Å². The van der Waals surface area contributed by atoms with Crippen molar-refractivity contribution >= 4 is 28.9 Å². The number of rotatable bonds is 2. The maximum Gasteiger partial charge on any atom is 0.134 e. The molecule has 1 nitrogen and oxygen atoms in total. The first kappa shape index (κ1) is 8.32. The van der Waals surface area contributed by atoms with Crippen molar-refractivity contribution in [2.24, 2.45) is 0 Å². The zero-order valence-electron chi connectivity index (χ0n) is 6.66. The van der Waals surface area contributed by atoms with Crippen LogP contribution in [0, 0.1) is 0 Å². The third-order valence-corrected chi connectivity index (χ3v) is 4.32. The summed E-state index contributed by atoms with van der Waals surface area (Å²) in [5.74, 6) is 0.434. The lowest BCUT2D eigenvalue weighted by Crippen LogP contribution is -1.94. The molecule has 0 spiro atoms. The summed E-state index contributed by atoms with van der Waals surface area (Å²) < 4.78 is 1.34. The van der Waals surface area contributed by atoms with E-state index in [4.69, 9.17) is 0 Å². The van der Waals surface area contributed by atoms with E-state index < -0.39 is 0 Å². The highest BCUT2D eigenvalue weighted by atomic mass is 32.2. The van der Waals surface area contributed by atoms with Crippen LogP contribution in [-0.2, 0) is 4.79 Å². The number of Topliss-reactive ketones (excluding diaryl/α,β-unsaturated/α-hetero) is 1. The Hall–Kier alpha value is -0.280. The number of carbonyl (C=O) groups is 1. The number of thiophene rings is 1. The lowest BCUT2D eigenvalue weighted by atomic mass is 10.4. The quantitative estimate of drug-likeness (QED) is 0.726. The Kier molecular flexibility index (Phi) is 2.51. The second kappa shape index (κ2) is 3.62. The predicted octanol–water partition coefficient (Wildman–Crippen LogP) is 2.96. The first-order valence-corrected chi connectivity index (χ1v) is 5.82. The van der Waals surface area contributed by atoms with Gasteiger partial charge in [0.1, 0.15) is 5.78 Å². The summed E-state index contributed by atoms with van der Waals surface area (Å²) in [5.41, 5.74) is 0. The van der Waals surface area contributed by atoms with Gasteiger partial charge in [-0.25, -0.2) is 0 Å². The standard InChI is InChI=1S/C9H10OS2/c10-7-3-4-8(6-7)12-9-2-1-5-11-9/h1-2,5,8H,3-4,6H2. The van der Waals surface area contributed by atoms with E-state index in [0.29, 0.717) is 11.0 Å². The normalized spacial score (nSPS) is 23.3. The van der Waals surface area contributed by atoms with Gasteiger partial charge in [0, 0.05) is 18.1 Å². The Morgan fingerprint density at radius 1 is 1.58 bits per heavy atom. The third kappa shape index (κ3) is 1.90. The maximum atomic E-state index is 11.0. The molecule has 1 aliphatic rings. The predicted molar refractivity (Wildman–Crippen MR) is 52.8 cm³/mol. The van der Waals surface area contributed by atoms with Gasteiger partial charge in [-0.1, -0.05) is 6.07 Å². The summed E-state index contributed by atoms with van der Waals surface area (Å²) in [6, 6.07) is 4.18. The smallest absolute Gasteiger partial charge is 0.134 e. The molecule has 1 unspecified atom stereocenters. The lowest BCUT2D eigenvalue weighted by molar-refractivity contribution is -0.117. The van der Waals surface area contributed by atoms with Crippen molar-refractivity contribution in [1.82, 2.24) is 0 Å². The van der Waals surface area contributed by atoms with Crippen molar-refractivity contribution in [3.8, 4) is 0 Å². The summed E-state index contributed by atoms with van der Waals surface area (Å²) in [6.45, 7) is 0. The molecule has 0 saturated heterocycles. The molecule has 0 bridgehead atoms. The Bertz CT molecular complexity index is 266. The molecule has 1 heterocycles. The molecule has 1 saturated carbocycles. The van der Waals surface area contributed by atoms with Crippen LogP contribution in [0.4, 0.5) is 0 Å². The molecule has 1 fully saturated rings. The molecule has 1 atom stereocenters. The van der Waals surface area contributed by atoms with Crippen LogP contribution in [0.2, 0.25) is 0 Å². The second-order valence-corrected chi connectivity index (χ2v) is 5.50. The molecule has 12 heavy (non-hydrogen) atoms. The Morgan fingerprint density at radius 2 is 2.50 bits per heavy atom. The second-order valence-electron chi connectivity index (χ2n) is 2.95. The third-order valence-electron chi connectivity index (χ3n) is 1.98. The monoisotopic (exact) mass is 198 g/mol. The van der Waals surface area contributed by atoms with Crippen LogP contribution >= 0.6 is 23.1 Å². The van der Waals surface area contributed by atoms with E-state index in [-0.39, 0.29) is 0 Å². The minimum Gasteiger partial charge on any atom is -0.300 e. The fraction of sp³-hybridized carbons (Fsp3) is 0.444. The highest BCUT2D eigenvalue weighted by Gasteiger charge is 2.22. The SMILES string of the molecule is O=C1CCC(Sc2cccs2)C1. The van der Waals surface area contributed by atoms with Crippen LogP contribution in [0.5, 0.6) is 0 Å². The van der Waals surface area contributed by atoms with E-state index in [1.807, 2.05) is 11.8 Å². The molecule has 0 N–H and O–H groups in total. The largest absolute Gasteiger partial charge is 0.300 e. The molecule has 3 heteroatoms. The molecule has 1 aromatic heterocycles. The number of hydrogen-bond donors (Lipinski definition) is 0. The van der Waals surface area contributed by atoms with Crippen LogP contribution in [-0.4, -0.2) is 11.0 Å². The van der Waals surface area contributed by atoms with Gasteiger partial charge >= 0.3 is 0 Å². The Morgan fingerprint density at radius 3 is 3.08 bits per heavy atom. The molecule has 0 aromatic carbocycles. The molecule has 64 valence electrons. The van der Waals surface area contributed by atoms with E-state index in [9.17, 15) is 4.79 Å². The number of hydrogen-bond acceptors (Lipinski definition) is 3. The first-order chi connectivity index (χ1) is 5.84. The average Bonchev–Trinajstić information content (AvgIpc) is 2.63. The fourth-order valence-corrected chi connectivity index (χ4v) is 3.61. The minimum absolute atomic E-state index is 0.434. The van der Waals surface area contributed by atoms with E-state index in [2.05, 4.69) is 17.5 Å². The highest BCUT2D eigenvalue weighted by molar-refractivity contribution is 8.01. The Labute approximate surface area is 80.2 Å². The number of thioether (sulfide) groups is 1. The summed E-state index contributed by atoms with van der Waals surface area (Å²) in [4.78, 5) is 11.0. The Balaban J connectivity index is 1.92. The minimum atomic E-state index is 0.434. The van der Waals surface area contributed by atoms with Crippen molar-refractivity contribution in [2.45, 2.75) is 28.7 Å². The van der Waals surface area contributed by atoms with Crippen molar-refractivity contribution in [2.75, 3.05) is 0 Å². The van der Waals surface area contributed by atoms with E-state index in [1.54, 1.807) is 11.3 Å². The number of ketones is 1. The van der Waals surface area contributed by atoms with Crippen molar-refractivity contribution in [3.05, 3.63) is 17.5 Å². The van der Waals surface area contributed by atoms with Crippen LogP contribution in [0.15, 0.2) is 21.7 Å². The molecule has 1 aliphatic carbocycles. The molecular formula is C9H10OS2. The van der Waals surface area contributed by atoms with Gasteiger partial charge in [0.15, 0.2) is 0 Å². The van der Waals surface area contributed by atoms with Gasteiger partial charge in [-0.3, -0.25) is 4.79 Å². The van der Waals surface area contributed by atoms with E-state index in [0.717, 1.165) is 19.3 Å². The van der Waals surface area contributed by atoms with Crippen LogP contribution < -0.4 is 0 Å². The number of carbonyl (C=O) groups excluding carboxylic acids is 1. The average molecular weight is 198 g/mol. The zero-order chi connectivity index (χ0) is 8.39. The first-order valence-electron chi connectivity index (χ1n) is 4.06. The van der Waals surface area contributed by atoms with Crippen molar-refractivity contribution in [3.63, 3.8) is 0 Å². The van der Waals surface area contributed by atoms with Gasteiger partial charge in [0.2, 0.25) is 0 Å². The summed E-state index contributed by atoms with van der Waals surface area (Å²) in [6.07, 6.45) is 2.65. The van der Waals surface area contributed by atoms with Gasteiger partial charge in [-0.15, -0.1) is 23.1 Å². The zero-order valence-corrected chi connectivity index (χ0v) is 8.29. The topological polar surface area (TPSA) is 17.1 Å². The summed E-state index contributed by atoms with van der Waals surface area (Å²) >= 11 is 3.62. The molecule has 2 rings (SSSR count). The molecule has 0 radical (unpaired) electrons. The van der Waals surface area contributed by atoms with Crippen molar-refractivity contribution in [1.29, 1.82) is 0 Å². The van der Waals surface area contributed by atoms with Crippen LogP contribution in [0.1, 0.15) is 19.3 Å².